The smallest absolute Gasteiger partial charge is 0.317 e. The third kappa shape index (κ3) is 4.16. The summed E-state index contributed by atoms with van der Waals surface area (Å²) in [5.41, 5.74) is 4.53. The fraction of sp³-hybridized carbons (Fsp3) is 0.381. The van der Waals surface area contributed by atoms with E-state index in [-0.39, 0.29) is 6.03 Å². The van der Waals surface area contributed by atoms with E-state index in [1.54, 1.807) is 0 Å². The first-order valence-corrected chi connectivity index (χ1v) is 8.76. The van der Waals surface area contributed by atoms with Crippen molar-refractivity contribution < 1.29 is 4.79 Å². The minimum absolute atomic E-state index is 0.00367. The number of amides is 2. The molecule has 3 nitrogen and oxygen atoms in total. The fourth-order valence-electron chi connectivity index (χ4n) is 2.88. The van der Waals surface area contributed by atoms with Gasteiger partial charge >= 0.3 is 6.03 Å². The molecule has 2 aromatic rings. The molecule has 0 saturated heterocycles. The monoisotopic (exact) mass is 322 g/mol. The van der Waals surface area contributed by atoms with E-state index >= 15 is 0 Å². The number of rotatable bonds is 5. The van der Waals surface area contributed by atoms with Gasteiger partial charge in [-0.05, 0) is 54.5 Å². The van der Waals surface area contributed by atoms with Gasteiger partial charge in [0.1, 0.15) is 0 Å². The quantitative estimate of drug-likeness (QED) is 0.794. The fourth-order valence-corrected chi connectivity index (χ4v) is 2.88. The number of nitrogens with one attached hydrogen (secondary N) is 1. The topological polar surface area (TPSA) is 32.3 Å². The lowest BCUT2D eigenvalue weighted by Crippen LogP contribution is -2.36. The van der Waals surface area contributed by atoms with E-state index < -0.39 is 0 Å². The van der Waals surface area contributed by atoms with Gasteiger partial charge in [-0.3, -0.25) is 0 Å². The highest BCUT2D eigenvalue weighted by molar-refractivity contribution is 5.89. The molecule has 0 spiro atoms. The highest BCUT2D eigenvalue weighted by Gasteiger charge is 2.32. The third-order valence-corrected chi connectivity index (χ3v) is 4.52. The Hall–Kier alpha value is -2.29. The lowest BCUT2D eigenvalue weighted by Gasteiger charge is -2.23. The van der Waals surface area contributed by atoms with Gasteiger partial charge in [0.2, 0.25) is 0 Å². The molecule has 1 fully saturated rings. The summed E-state index contributed by atoms with van der Waals surface area (Å²) in [5.74, 6) is 0.531. The number of carbonyl (C=O) groups excluding carboxylic acids is 1. The highest BCUT2D eigenvalue weighted by atomic mass is 16.2. The molecule has 2 aromatic carbocycles. The second kappa shape index (κ2) is 7.08. The van der Waals surface area contributed by atoms with Crippen LogP contribution in [0.2, 0.25) is 0 Å². The van der Waals surface area contributed by atoms with Crippen molar-refractivity contribution in [3.8, 4) is 0 Å². The van der Waals surface area contributed by atoms with Crippen LogP contribution in [0.3, 0.4) is 0 Å². The number of anilines is 1. The Morgan fingerprint density at radius 1 is 1.17 bits per heavy atom. The van der Waals surface area contributed by atoms with Gasteiger partial charge in [0.15, 0.2) is 0 Å². The van der Waals surface area contributed by atoms with E-state index in [2.05, 4.69) is 43.4 Å². The Morgan fingerprint density at radius 2 is 1.88 bits per heavy atom. The molecule has 2 amide bonds. The first-order chi connectivity index (χ1) is 11.5. The molecule has 1 aliphatic carbocycles. The van der Waals surface area contributed by atoms with Crippen molar-refractivity contribution in [3.63, 3.8) is 0 Å². The molecule has 1 aliphatic rings. The number of hydrogen-bond acceptors (Lipinski definition) is 1. The van der Waals surface area contributed by atoms with Crippen LogP contribution >= 0.6 is 0 Å². The summed E-state index contributed by atoms with van der Waals surface area (Å²) in [6.07, 6.45) is 2.20. The second-order valence-electron chi connectivity index (χ2n) is 7.05. The Kier molecular flexibility index (Phi) is 4.89. The van der Waals surface area contributed by atoms with E-state index in [0.29, 0.717) is 18.5 Å². The SMILES string of the molecule is Cc1cccc(NC(=O)N(Cc2ccc(C(C)C)cc2)C2CC2)c1. The van der Waals surface area contributed by atoms with Gasteiger partial charge in [0, 0.05) is 18.3 Å². The predicted octanol–water partition coefficient (Wildman–Crippen LogP) is 5.31. The van der Waals surface area contributed by atoms with Gasteiger partial charge in [-0.1, -0.05) is 50.2 Å². The van der Waals surface area contributed by atoms with Crippen molar-refractivity contribution in [2.45, 2.75) is 52.1 Å². The number of carbonyl (C=O) groups is 1. The van der Waals surface area contributed by atoms with E-state index in [1.807, 2.05) is 36.1 Å². The Morgan fingerprint density at radius 3 is 2.46 bits per heavy atom. The number of hydrogen-bond donors (Lipinski definition) is 1. The molecule has 0 unspecified atom stereocenters. The summed E-state index contributed by atoms with van der Waals surface area (Å²) in [4.78, 5) is 14.7. The van der Waals surface area contributed by atoms with Crippen LogP contribution in [-0.4, -0.2) is 17.0 Å². The Balaban J connectivity index is 1.69. The molecule has 0 radical (unpaired) electrons. The van der Waals surface area contributed by atoms with Crippen LogP contribution in [0.4, 0.5) is 10.5 Å². The van der Waals surface area contributed by atoms with Gasteiger partial charge < -0.3 is 10.2 Å². The van der Waals surface area contributed by atoms with Crippen molar-refractivity contribution in [3.05, 3.63) is 65.2 Å². The van der Waals surface area contributed by atoms with Gasteiger partial charge in [-0.25, -0.2) is 4.79 Å². The lowest BCUT2D eigenvalue weighted by atomic mass is 10.0. The average Bonchev–Trinajstić information content (AvgIpc) is 3.37. The van der Waals surface area contributed by atoms with Crippen LogP contribution in [0.15, 0.2) is 48.5 Å². The molecular formula is C21H26N2O. The van der Waals surface area contributed by atoms with E-state index in [1.165, 1.54) is 11.1 Å². The maximum atomic E-state index is 12.7. The molecule has 0 atom stereocenters. The third-order valence-electron chi connectivity index (χ3n) is 4.52. The van der Waals surface area contributed by atoms with Gasteiger partial charge in [-0.15, -0.1) is 0 Å². The number of aryl methyl sites for hydroxylation is 1. The molecule has 1 N–H and O–H groups in total. The summed E-state index contributed by atoms with van der Waals surface area (Å²) in [6.45, 7) is 7.09. The molecule has 3 rings (SSSR count). The number of nitrogens with zero attached hydrogens (tertiary/aromatic N) is 1. The molecular weight excluding hydrogens is 296 g/mol. The first kappa shape index (κ1) is 16.6. The van der Waals surface area contributed by atoms with Gasteiger partial charge in [-0.2, -0.15) is 0 Å². The molecule has 3 heteroatoms. The molecule has 1 saturated carbocycles. The normalized spacial score (nSPS) is 13.8. The van der Waals surface area contributed by atoms with Crippen molar-refractivity contribution in [1.82, 2.24) is 4.90 Å². The van der Waals surface area contributed by atoms with Crippen molar-refractivity contribution >= 4 is 11.7 Å². The number of benzene rings is 2. The van der Waals surface area contributed by atoms with Gasteiger partial charge in [0.25, 0.3) is 0 Å². The summed E-state index contributed by atoms with van der Waals surface area (Å²) in [7, 11) is 0. The maximum Gasteiger partial charge on any atom is 0.322 e. The minimum atomic E-state index is -0.00367. The van der Waals surface area contributed by atoms with Crippen LogP contribution in [0.1, 0.15) is 49.3 Å². The molecule has 0 aromatic heterocycles. The highest BCUT2D eigenvalue weighted by Crippen LogP contribution is 2.29. The van der Waals surface area contributed by atoms with Crippen molar-refractivity contribution in [2.24, 2.45) is 0 Å². The molecule has 126 valence electrons. The number of urea groups is 1. The second-order valence-corrected chi connectivity index (χ2v) is 7.05. The lowest BCUT2D eigenvalue weighted by molar-refractivity contribution is 0.206. The first-order valence-electron chi connectivity index (χ1n) is 8.76. The molecule has 0 bridgehead atoms. The van der Waals surface area contributed by atoms with Crippen LogP contribution < -0.4 is 5.32 Å². The van der Waals surface area contributed by atoms with Crippen molar-refractivity contribution in [1.29, 1.82) is 0 Å². The Bertz CT molecular complexity index is 702. The van der Waals surface area contributed by atoms with E-state index in [4.69, 9.17) is 0 Å². The average molecular weight is 322 g/mol. The van der Waals surface area contributed by atoms with E-state index in [0.717, 1.165) is 24.1 Å². The summed E-state index contributed by atoms with van der Waals surface area (Å²) < 4.78 is 0. The Labute approximate surface area is 144 Å². The van der Waals surface area contributed by atoms with Crippen LogP contribution in [-0.2, 0) is 6.54 Å². The van der Waals surface area contributed by atoms with E-state index in [9.17, 15) is 4.79 Å². The standard InChI is InChI=1S/C21H26N2O/c1-15(2)18-9-7-17(8-10-18)14-23(20-11-12-20)21(24)22-19-6-4-5-16(3)13-19/h4-10,13,15,20H,11-12,14H2,1-3H3,(H,22,24). The zero-order chi connectivity index (χ0) is 17.1. The zero-order valence-electron chi connectivity index (χ0n) is 14.8. The largest absolute Gasteiger partial charge is 0.322 e. The molecule has 0 heterocycles. The molecule has 0 aliphatic heterocycles. The summed E-state index contributed by atoms with van der Waals surface area (Å²) in [5, 5.41) is 3.04. The predicted molar refractivity (Wildman–Crippen MR) is 99.3 cm³/mol. The summed E-state index contributed by atoms with van der Waals surface area (Å²) >= 11 is 0. The van der Waals surface area contributed by atoms with Crippen LogP contribution in [0.25, 0.3) is 0 Å². The maximum absolute atomic E-state index is 12.7. The summed E-state index contributed by atoms with van der Waals surface area (Å²) in [6, 6.07) is 16.9. The van der Waals surface area contributed by atoms with Gasteiger partial charge in [0.05, 0.1) is 0 Å². The molecule has 24 heavy (non-hydrogen) atoms. The zero-order valence-corrected chi connectivity index (χ0v) is 14.8. The van der Waals surface area contributed by atoms with Crippen LogP contribution in [0.5, 0.6) is 0 Å². The minimum Gasteiger partial charge on any atom is -0.317 e. The van der Waals surface area contributed by atoms with Crippen molar-refractivity contribution in [2.75, 3.05) is 5.32 Å². The van der Waals surface area contributed by atoms with Crippen LogP contribution in [0, 0.1) is 6.92 Å².